The molecule has 22 heavy (non-hydrogen) atoms. The minimum absolute atomic E-state index is 0.0277. The molecule has 118 valence electrons. The standard InChI is InChI=1S/C18H25N3O/c1-12(16-4-2-3-5-19-16)20-17(22)21-18-9-13-6-14(10-18)8-15(7-13)11-18/h2-5,12-15H,6-11H2,1H3,(H2,20,21,22)/t12-,13?,14?,15?,18?/m0/s1. The molecule has 0 spiro atoms. The molecule has 2 amide bonds. The first kappa shape index (κ1) is 14.0. The van der Waals surface area contributed by atoms with Gasteiger partial charge in [-0.2, -0.15) is 0 Å². The molecule has 4 aliphatic rings. The van der Waals surface area contributed by atoms with E-state index in [1.54, 1.807) is 6.20 Å². The van der Waals surface area contributed by atoms with Crippen molar-refractivity contribution in [3.05, 3.63) is 30.1 Å². The number of nitrogens with zero attached hydrogens (tertiary/aromatic N) is 1. The Bertz CT molecular complexity index is 521. The van der Waals surface area contributed by atoms with Gasteiger partial charge in [0.25, 0.3) is 0 Å². The fraction of sp³-hybridized carbons (Fsp3) is 0.667. The smallest absolute Gasteiger partial charge is 0.315 e. The molecule has 0 saturated heterocycles. The van der Waals surface area contributed by atoms with E-state index in [4.69, 9.17) is 0 Å². The van der Waals surface area contributed by atoms with Crippen LogP contribution in [0, 0.1) is 17.8 Å². The second-order valence-corrected chi connectivity index (χ2v) is 7.77. The lowest BCUT2D eigenvalue weighted by Crippen LogP contribution is -2.61. The fourth-order valence-electron chi connectivity index (χ4n) is 5.44. The number of hydrogen-bond acceptors (Lipinski definition) is 2. The maximum atomic E-state index is 12.5. The van der Waals surface area contributed by atoms with E-state index in [1.807, 2.05) is 25.1 Å². The van der Waals surface area contributed by atoms with Gasteiger partial charge in [0.1, 0.15) is 0 Å². The second kappa shape index (κ2) is 5.25. The summed E-state index contributed by atoms with van der Waals surface area (Å²) in [6.07, 6.45) is 9.51. The number of hydrogen-bond donors (Lipinski definition) is 2. The van der Waals surface area contributed by atoms with E-state index in [1.165, 1.54) is 38.5 Å². The lowest BCUT2D eigenvalue weighted by Gasteiger charge is -2.56. The van der Waals surface area contributed by atoms with E-state index in [-0.39, 0.29) is 17.6 Å². The lowest BCUT2D eigenvalue weighted by molar-refractivity contribution is -0.0136. The van der Waals surface area contributed by atoms with Crippen LogP contribution in [0.2, 0.25) is 0 Å². The summed E-state index contributed by atoms with van der Waals surface area (Å²) in [7, 11) is 0. The van der Waals surface area contributed by atoms with Crippen LogP contribution in [0.4, 0.5) is 4.79 Å². The van der Waals surface area contributed by atoms with Crippen molar-refractivity contribution in [3.8, 4) is 0 Å². The summed E-state index contributed by atoms with van der Waals surface area (Å²) < 4.78 is 0. The summed E-state index contributed by atoms with van der Waals surface area (Å²) >= 11 is 0. The molecule has 1 heterocycles. The number of aromatic nitrogens is 1. The van der Waals surface area contributed by atoms with Crippen LogP contribution in [0.1, 0.15) is 57.2 Å². The topological polar surface area (TPSA) is 54.0 Å². The van der Waals surface area contributed by atoms with Crippen LogP contribution in [0.15, 0.2) is 24.4 Å². The Morgan fingerprint density at radius 1 is 1.18 bits per heavy atom. The molecule has 4 bridgehead atoms. The van der Waals surface area contributed by atoms with Crippen molar-refractivity contribution in [1.82, 2.24) is 15.6 Å². The Balaban J connectivity index is 1.40. The monoisotopic (exact) mass is 299 g/mol. The molecule has 1 atom stereocenters. The molecule has 4 heteroatoms. The molecule has 4 nitrogen and oxygen atoms in total. The molecule has 0 unspecified atom stereocenters. The first-order chi connectivity index (χ1) is 10.6. The fourth-order valence-corrected chi connectivity index (χ4v) is 5.44. The normalized spacial score (nSPS) is 36.9. The maximum absolute atomic E-state index is 12.5. The number of carbonyl (C=O) groups is 1. The molecule has 1 aromatic heterocycles. The summed E-state index contributed by atoms with van der Waals surface area (Å²) in [6.45, 7) is 1.99. The van der Waals surface area contributed by atoms with Crippen LogP contribution >= 0.6 is 0 Å². The van der Waals surface area contributed by atoms with Crippen molar-refractivity contribution < 1.29 is 4.79 Å². The predicted octanol–water partition coefficient (Wildman–Crippen LogP) is 3.41. The molecule has 1 aromatic rings. The van der Waals surface area contributed by atoms with Gasteiger partial charge in [-0.1, -0.05) is 6.07 Å². The quantitative estimate of drug-likeness (QED) is 0.898. The van der Waals surface area contributed by atoms with Crippen molar-refractivity contribution in [2.24, 2.45) is 17.8 Å². The number of urea groups is 1. The summed E-state index contributed by atoms with van der Waals surface area (Å²) in [5.74, 6) is 2.54. The van der Waals surface area contributed by atoms with Crippen LogP contribution in [-0.2, 0) is 0 Å². The maximum Gasteiger partial charge on any atom is 0.315 e. The highest BCUT2D eigenvalue weighted by Gasteiger charge is 2.51. The van der Waals surface area contributed by atoms with Gasteiger partial charge in [-0.3, -0.25) is 4.98 Å². The second-order valence-electron chi connectivity index (χ2n) is 7.77. The number of nitrogens with one attached hydrogen (secondary N) is 2. The summed E-state index contributed by atoms with van der Waals surface area (Å²) in [4.78, 5) is 16.8. The average molecular weight is 299 g/mol. The van der Waals surface area contributed by atoms with Gasteiger partial charge in [0.2, 0.25) is 0 Å². The molecule has 5 rings (SSSR count). The SMILES string of the molecule is C[C@H](NC(=O)NC12CC3CC(CC(C3)C1)C2)c1ccccn1. The molecular formula is C18H25N3O. The summed E-state index contributed by atoms with van der Waals surface area (Å²) in [6, 6.07) is 5.72. The van der Waals surface area contributed by atoms with Crippen LogP contribution < -0.4 is 10.6 Å². The van der Waals surface area contributed by atoms with Crippen molar-refractivity contribution in [3.63, 3.8) is 0 Å². The lowest BCUT2D eigenvalue weighted by atomic mass is 9.53. The van der Waals surface area contributed by atoms with E-state index < -0.39 is 0 Å². The van der Waals surface area contributed by atoms with Crippen molar-refractivity contribution in [1.29, 1.82) is 0 Å². The highest BCUT2D eigenvalue weighted by atomic mass is 16.2. The molecule has 4 fully saturated rings. The molecule has 0 radical (unpaired) electrons. The van der Waals surface area contributed by atoms with Crippen LogP contribution in [0.5, 0.6) is 0 Å². The Kier molecular flexibility index (Phi) is 3.35. The molecular weight excluding hydrogens is 274 g/mol. The first-order valence-corrected chi connectivity index (χ1v) is 8.61. The van der Waals surface area contributed by atoms with E-state index in [0.29, 0.717) is 0 Å². The van der Waals surface area contributed by atoms with E-state index in [0.717, 1.165) is 23.4 Å². The highest BCUT2D eigenvalue weighted by molar-refractivity contribution is 5.75. The number of rotatable bonds is 3. The Morgan fingerprint density at radius 2 is 1.82 bits per heavy atom. The molecule has 4 saturated carbocycles. The van der Waals surface area contributed by atoms with E-state index in [9.17, 15) is 4.79 Å². The Labute approximate surface area is 132 Å². The van der Waals surface area contributed by atoms with Crippen LogP contribution in [0.25, 0.3) is 0 Å². The van der Waals surface area contributed by atoms with Gasteiger partial charge < -0.3 is 10.6 Å². The molecule has 0 aliphatic heterocycles. The average Bonchev–Trinajstić information content (AvgIpc) is 2.45. The van der Waals surface area contributed by atoms with Crippen molar-refractivity contribution in [2.45, 2.75) is 57.0 Å². The summed E-state index contributed by atoms with van der Waals surface area (Å²) in [5.41, 5.74) is 0.978. The Hall–Kier alpha value is -1.58. The van der Waals surface area contributed by atoms with Gasteiger partial charge in [0, 0.05) is 11.7 Å². The zero-order valence-corrected chi connectivity index (χ0v) is 13.2. The van der Waals surface area contributed by atoms with Gasteiger partial charge in [0.15, 0.2) is 0 Å². The predicted molar refractivity (Wildman–Crippen MR) is 85.2 cm³/mol. The van der Waals surface area contributed by atoms with Gasteiger partial charge in [-0.05, 0) is 75.3 Å². The zero-order valence-electron chi connectivity index (χ0n) is 13.2. The van der Waals surface area contributed by atoms with Crippen molar-refractivity contribution in [2.75, 3.05) is 0 Å². The number of amides is 2. The van der Waals surface area contributed by atoms with Gasteiger partial charge in [-0.25, -0.2) is 4.79 Å². The third-order valence-corrected chi connectivity index (χ3v) is 5.90. The zero-order chi connectivity index (χ0) is 15.2. The molecule has 2 N–H and O–H groups in total. The minimum atomic E-state index is -0.0601. The van der Waals surface area contributed by atoms with Crippen LogP contribution in [-0.4, -0.2) is 16.6 Å². The number of pyridine rings is 1. The Morgan fingerprint density at radius 3 is 2.36 bits per heavy atom. The van der Waals surface area contributed by atoms with Crippen molar-refractivity contribution >= 4 is 6.03 Å². The van der Waals surface area contributed by atoms with Crippen LogP contribution in [0.3, 0.4) is 0 Å². The van der Waals surface area contributed by atoms with E-state index in [2.05, 4.69) is 15.6 Å². The van der Waals surface area contributed by atoms with Gasteiger partial charge in [0.05, 0.1) is 11.7 Å². The van der Waals surface area contributed by atoms with E-state index >= 15 is 0 Å². The third kappa shape index (κ3) is 2.59. The van der Waals surface area contributed by atoms with Gasteiger partial charge in [-0.15, -0.1) is 0 Å². The molecule has 4 aliphatic carbocycles. The summed E-state index contributed by atoms with van der Waals surface area (Å²) in [5, 5.41) is 6.41. The highest BCUT2D eigenvalue weighted by Crippen LogP contribution is 2.55. The van der Waals surface area contributed by atoms with Gasteiger partial charge >= 0.3 is 6.03 Å². The first-order valence-electron chi connectivity index (χ1n) is 8.61. The third-order valence-electron chi connectivity index (χ3n) is 5.90. The molecule has 0 aromatic carbocycles. The largest absolute Gasteiger partial charge is 0.333 e. The minimum Gasteiger partial charge on any atom is -0.333 e. The number of carbonyl (C=O) groups excluding carboxylic acids is 1.